The van der Waals surface area contributed by atoms with Crippen molar-refractivity contribution in [3.8, 4) is 28.6 Å². The van der Waals surface area contributed by atoms with Gasteiger partial charge in [-0.2, -0.15) is 18.4 Å². The van der Waals surface area contributed by atoms with Crippen LogP contribution in [-0.4, -0.2) is 20.4 Å². The van der Waals surface area contributed by atoms with E-state index in [0.29, 0.717) is 16.8 Å². The van der Waals surface area contributed by atoms with Gasteiger partial charge in [-0.25, -0.2) is 10.1 Å². The molecule has 0 aliphatic heterocycles. The largest absolute Gasteiger partial charge is 0.433 e. The van der Waals surface area contributed by atoms with E-state index in [-0.39, 0.29) is 11.4 Å². The van der Waals surface area contributed by atoms with Crippen molar-refractivity contribution in [2.45, 2.75) is 13.1 Å². The second kappa shape index (κ2) is 5.77. The van der Waals surface area contributed by atoms with Gasteiger partial charge in [-0.1, -0.05) is 11.3 Å². The maximum atomic E-state index is 12.8. The zero-order chi connectivity index (χ0) is 17.3. The van der Waals surface area contributed by atoms with Crippen LogP contribution in [0, 0.1) is 18.3 Å². The fourth-order valence-corrected chi connectivity index (χ4v) is 2.33. The number of nitrogens with one attached hydrogen (secondary N) is 1. The molecule has 0 saturated heterocycles. The lowest BCUT2D eigenvalue weighted by Crippen LogP contribution is -2.08. The number of nitrogens with zero attached hydrogens (tertiary/aromatic N) is 4. The number of hydrogen-bond donors (Lipinski definition) is 1. The maximum absolute atomic E-state index is 12.8. The molecule has 3 aromatic rings. The van der Waals surface area contributed by atoms with E-state index in [9.17, 15) is 13.2 Å². The molecule has 5 nitrogen and oxygen atoms in total. The fraction of sp³-hybridized carbons (Fsp3) is 0.125. The lowest BCUT2D eigenvalue weighted by molar-refractivity contribution is -0.141. The molecule has 8 heteroatoms. The summed E-state index contributed by atoms with van der Waals surface area (Å²) in [5.74, 6) is 0. The normalized spacial score (nSPS) is 11.3. The van der Waals surface area contributed by atoms with Crippen LogP contribution in [0.1, 0.15) is 17.0 Å². The molecule has 24 heavy (non-hydrogen) atoms. The molecule has 0 unspecified atom stereocenters. The summed E-state index contributed by atoms with van der Waals surface area (Å²) >= 11 is 0. The van der Waals surface area contributed by atoms with Crippen LogP contribution < -0.4 is 0 Å². The third-order valence-corrected chi connectivity index (χ3v) is 3.35. The van der Waals surface area contributed by atoms with Crippen LogP contribution in [-0.2, 0) is 6.18 Å². The van der Waals surface area contributed by atoms with Crippen molar-refractivity contribution in [1.29, 1.82) is 5.26 Å². The van der Waals surface area contributed by atoms with Crippen LogP contribution in [0.5, 0.6) is 0 Å². The molecule has 2 heterocycles. The van der Waals surface area contributed by atoms with Gasteiger partial charge in [-0.05, 0) is 42.8 Å². The van der Waals surface area contributed by atoms with E-state index in [1.807, 2.05) is 6.07 Å². The van der Waals surface area contributed by atoms with E-state index in [1.165, 1.54) is 12.1 Å². The van der Waals surface area contributed by atoms with E-state index >= 15 is 0 Å². The highest BCUT2D eigenvalue weighted by Gasteiger charge is 2.32. The van der Waals surface area contributed by atoms with E-state index in [4.69, 9.17) is 5.26 Å². The number of halogens is 3. The molecular weight excluding hydrogens is 319 g/mol. The molecule has 0 amide bonds. The highest BCUT2D eigenvalue weighted by molar-refractivity contribution is 5.72. The number of aryl methyl sites for hydroxylation is 1. The Labute approximate surface area is 134 Å². The summed E-state index contributed by atoms with van der Waals surface area (Å²) in [7, 11) is 0. The molecular formula is C16H10F3N5. The van der Waals surface area contributed by atoms with Crippen molar-refractivity contribution in [2.24, 2.45) is 0 Å². The van der Waals surface area contributed by atoms with Crippen LogP contribution >= 0.6 is 0 Å². The molecule has 0 atom stereocenters. The molecule has 0 aliphatic carbocycles. The number of nitriles is 1. The monoisotopic (exact) mass is 329 g/mol. The summed E-state index contributed by atoms with van der Waals surface area (Å²) in [4.78, 5) is 3.69. The van der Waals surface area contributed by atoms with E-state index < -0.39 is 11.9 Å². The van der Waals surface area contributed by atoms with Gasteiger partial charge in [0.25, 0.3) is 0 Å². The standard InChI is InChI=1S/C16H10F3N5/c1-9-5-10(12-3-2-4-14(21-12)16(17,18)19)7-11(6-9)15-13(8-20)22-24-23-15/h2-7H,1H3,(H,22,23,24). The summed E-state index contributed by atoms with van der Waals surface area (Å²) in [6.07, 6.45) is -4.51. The summed E-state index contributed by atoms with van der Waals surface area (Å²) in [6.45, 7) is 1.80. The summed E-state index contributed by atoms with van der Waals surface area (Å²) in [6, 6.07) is 10.8. The molecule has 0 aliphatic rings. The molecule has 3 rings (SSSR count). The average molecular weight is 329 g/mol. The molecule has 0 bridgehead atoms. The van der Waals surface area contributed by atoms with Crippen LogP contribution in [0.25, 0.3) is 22.5 Å². The fourth-order valence-electron chi connectivity index (χ4n) is 2.33. The van der Waals surface area contributed by atoms with E-state index in [1.54, 1.807) is 25.1 Å². The van der Waals surface area contributed by atoms with Crippen molar-refractivity contribution >= 4 is 0 Å². The Hall–Kier alpha value is -3.21. The molecule has 0 fully saturated rings. The van der Waals surface area contributed by atoms with E-state index in [2.05, 4.69) is 20.4 Å². The smallest absolute Gasteiger partial charge is 0.247 e. The van der Waals surface area contributed by atoms with Gasteiger partial charge in [0, 0.05) is 11.1 Å². The first-order chi connectivity index (χ1) is 11.4. The number of hydrogen-bond acceptors (Lipinski definition) is 4. The highest BCUT2D eigenvalue weighted by Crippen LogP contribution is 2.31. The van der Waals surface area contributed by atoms with Crippen LogP contribution in [0.15, 0.2) is 36.4 Å². The summed E-state index contributed by atoms with van der Waals surface area (Å²) in [5, 5.41) is 19.0. The third-order valence-electron chi connectivity index (χ3n) is 3.35. The van der Waals surface area contributed by atoms with Gasteiger partial charge in [0.2, 0.25) is 0 Å². The predicted octanol–water partition coefficient (Wildman–Crippen LogP) is 3.73. The molecule has 2 aromatic heterocycles. The summed E-state index contributed by atoms with van der Waals surface area (Å²) in [5.41, 5.74) is 1.64. The zero-order valence-electron chi connectivity index (χ0n) is 12.4. The Kier molecular flexibility index (Phi) is 3.77. The number of aromatic amines is 1. The average Bonchev–Trinajstić information content (AvgIpc) is 3.02. The first kappa shape index (κ1) is 15.7. The molecule has 0 spiro atoms. The van der Waals surface area contributed by atoms with Crippen molar-refractivity contribution in [1.82, 2.24) is 20.4 Å². The number of benzene rings is 1. The van der Waals surface area contributed by atoms with Crippen LogP contribution in [0.4, 0.5) is 13.2 Å². The minimum Gasteiger partial charge on any atom is -0.247 e. The van der Waals surface area contributed by atoms with Crippen molar-refractivity contribution in [2.75, 3.05) is 0 Å². The second-order valence-electron chi connectivity index (χ2n) is 5.14. The van der Waals surface area contributed by atoms with Crippen LogP contribution in [0.3, 0.4) is 0 Å². The molecule has 1 aromatic carbocycles. The Bertz CT molecular complexity index is 937. The lowest BCUT2D eigenvalue weighted by Gasteiger charge is -2.09. The Balaban J connectivity index is 2.12. The third kappa shape index (κ3) is 2.96. The first-order valence-corrected chi connectivity index (χ1v) is 6.86. The second-order valence-corrected chi connectivity index (χ2v) is 5.14. The van der Waals surface area contributed by atoms with Crippen molar-refractivity contribution in [3.63, 3.8) is 0 Å². The van der Waals surface area contributed by atoms with Gasteiger partial charge in [0.05, 0.1) is 5.69 Å². The minimum absolute atomic E-state index is 0.184. The Morgan fingerprint density at radius 2 is 1.88 bits per heavy atom. The molecule has 1 N–H and O–H groups in total. The zero-order valence-corrected chi connectivity index (χ0v) is 12.4. The number of pyridine rings is 1. The highest BCUT2D eigenvalue weighted by atomic mass is 19.4. The van der Waals surface area contributed by atoms with Crippen LogP contribution in [0.2, 0.25) is 0 Å². The SMILES string of the molecule is Cc1cc(-c2cccc(C(F)(F)F)n2)cc(-c2nn[nH]c2C#N)c1. The topological polar surface area (TPSA) is 78.2 Å². The number of H-pyrrole nitrogens is 1. The predicted molar refractivity (Wildman–Crippen MR) is 79.5 cm³/mol. The Morgan fingerprint density at radius 1 is 1.12 bits per heavy atom. The molecule has 120 valence electrons. The molecule has 0 saturated carbocycles. The van der Waals surface area contributed by atoms with Gasteiger partial charge in [0.15, 0.2) is 5.69 Å². The number of aromatic nitrogens is 4. The number of alkyl halides is 3. The van der Waals surface area contributed by atoms with Gasteiger partial charge in [-0.3, -0.25) is 0 Å². The summed E-state index contributed by atoms with van der Waals surface area (Å²) < 4.78 is 38.5. The van der Waals surface area contributed by atoms with E-state index in [0.717, 1.165) is 11.6 Å². The lowest BCUT2D eigenvalue weighted by atomic mass is 10.0. The van der Waals surface area contributed by atoms with Crippen molar-refractivity contribution in [3.05, 3.63) is 53.3 Å². The minimum atomic E-state index is -4.51. The van der Waals surface area contributed by atoms with Crippen molar-refractivity contribution < 1.29 is 13.2 Å². The first-order valence-electron chi connectivity index (χ1n) is 6.86. The maximum Gasteiger partial charge on any atom is 0.433 e. The molecule has 0 radical (unpaired) electrons. The Morgan fingerprint density at radius 3 is 2.58 bits per heavy atom. The van der Waals surface area contributed by atoms with Gasteiger partial charge in [-0.15, -0.1) is 5.10 Å². The number of rotatable bonds is 2. The quantitative estimate of drug-likeness (QED) is 0.777. The van der Waals surface area contributed by atoms with Gasteiger partial charge in [0.1, 0.15) is 17.5 Å². The van der Waals surface area contributed by atoms with Gasteiger partial charge >= 0.3 is 6.18 Å². The van der Waals surface area contributed by atoms with Gasteiger partial charge < -0.3 is 0 Å².